The molecule has 0 radical (unpaired) electrons. The number of urea groups is 1. The monoisotopic (exact) mass is 196 g/mol. The van der Waals surface area contributed by atoms with Gasteiger partial charge < -0.3 is 10.2 Å². The third-order valence-electron chi connectivity index (χ3n) is 3.72. The Morgan fingerprint density at radius 1 is 1.21 bits per heavy atom. The number of carbonyl (C=O) groups is 1. The number of likely N-dealkylation sites (tertiary alicyclic amines) is 1. The van der Waals surface area contributed by atoms with Crippen LogP contribution in [0.3, 0.4) is 0 Å². The number of hydrogen-bond donors (Lipinski definition) is 1. The van der Waals surface area contributed by atoms with Gasteiger partial charge in [0.15, 0.2) is 0 Å². The van der Waals surface area contributed by atoms with E-state index in [9.17, 15) is 4.79 Å². The van der Waals surface area contributed by atoms with E-state index < -0.39 is 0 Å². The van der Waals surface area contributed by atoms with Crippen LogP contribution in [0.5, 0.6) is 0 Å². The molecule has 0 aromatic carbocycles. The molecule has 0 spiro atoms. The Bertz CT molecular complexity index is 211. The summed E-state index contributed by atoms with van der Waals surface area (Å²) in [6, 6.07) is 0.664. The number of hydrogen-bond acceptors (Lipinski definition) is 1. The molecule has 2 amide bonds. The first-order valence-electron chi connectivity index (χ1n) is 5.81. The highest BCUT2D eigenvalue weighted by atomic mass is 16.2. The van der Waals surface area contributed by atoms with Crippen molar-refractivity contribution >= 4 is 6.03 Å². The minimum absolute atomic E-state index is 0.124. The fourth-order valence-corrected chi connectivity index (χ4v) is 3.02. The normalized spacial score (nSPS) is 28.4. The smallest absolute Gasteiger partial charge is 0.317 e. The van der Waals surface area contributed by atoms with Crippen LogP contribution in [0.4, 0.5) is 4.79 Å². The number of amides is 2. The standard InChI is InChI=1S/C11H20N2O/c1-12-11(14)13-8-4-7-10(13)9-5-2-3-6-9/h9-10H,2-8H2,1H3,(H,12,14). The Balaban J connectivity index is 1.98. The largest absolute Gasteiger partial charge is 0.341 e. The zero-order valence-electron chi connectivity index (χ0n) is 8.96. The van der Waals surface area contributed by atoms with E-state index in [0.29, 0.717) is 6.04 Å². The molecule has 1 saturated heterocycles. The fraction of sp³-hybridized carbons (Fsp3) is 0.909. The van der Waals surface area contributed by atoms with E-state index in [1.807, 2.05) is 0 Å². The maximum atomic E-state index is 11.6. The maximum Gasteiger partial charge on any atom is 0.317 e. The maximum absolute atomic E-state index is 11.6. The molecule has 1 atom stereocenters. The van der Waals surface area contributed by atoms with Crippen molar-refractivity contribution in [2.45, 2.75) is 44.6 Å². The zero-order valence-corrected chi connectivity index (χ0v) is 8.96. The van der Waals surface area contributed by atoms with Gasteiger partial charge in [0, 0.05) is 19.6 Å². The third kappa shape index (κ3) is 1.72. The van der Waals surface area contributed by atoms with Crippen LogP contribution >= 0.6 is 0 Å². The van der Waals surface area contributed by atoms with Gasteiger partial charge in [0.2, 0.25) is 0 Å². The topological polar surface area (TPSA) is 32.3 Å². The summed E-state index contributed by atoms with van der Waals surface area (Å²) in [5.74, 6) is 0.787. The van der Waals surface area contributed by atoms with Gasteiger partial charge in [-0.15, -0.1) is 0 Å². The van der Waals surface area contributed by atoms with Gasteiger partial charge in [0.1, 0.15) is 0 Å². The van der Waals surface area contributed by atoms with Crippen molar-refractivity contribution in [1.29, 1.82) is 0 Å². The van der Waals surface area contributed by atoms with E-state index in [4.69, 9.17) is 0 Å². The van der Waals surface area contributed by atoms with Crippen LogP contribution in [0.1, 0.15) is 38.5 Å². The molecule has 0 aromatic rings. The molecular weight excluding hydrogens is 176 g/mol. The molecule has 0 bridgehead atoms. The molecule has 1 N–H and O–H groups in total. The van der Waals surface area contributed by atoms with Crippen molar-refractivity contribution in [2.75, 3.05) is 13.6 Å². The van der Waals surface area contributed by atoms with E-state index >= 15 is 0 Å². The lowest BCUT2D eigenvalue weighted by atomic mass is 9.96. The molecule has 14 heavy (non-hydrogen) atoms. The molecule has 1 aliphatic heterocycles. The Labute approximate surface area is 85.8 Å². The van der Waals surface area contributed by atoms with E-state index in [0.717, 1.165) is 12.5 Å². The SMILES string of the molecule is CNC(=O)N1CCCC1C1CCCC1. The summed E-state index contributed by atoms with van der Waals surface area (Å²) in [6.07, 6.45) is 7.80. The molecule has 1 heterocycles. The summed E-state index contributed by atoms with van der Waals surface area (Å²) in [5.41, 5.74) is 0. The zero-order chi connectivity index (χ0) is 9.97. The van der Waals surface area contributed by atoms with Gasteiger partial charge in [0.25, 0.3) is 0 Å². The van der Waals surface area contributed by atoms with Crippen LogP contribution in [-0.4, -0.2) is 30.6 Å². The van der Waals surface area contributed by atoms with E-state index in [1.165, 1.54) is 38.5 Å². The van der Waals surface area contributed by atoms with Crippen molar-refractivity contribution in [3.63, 3.8) is 0 Å². The lowest BCUT2D eigenvalue weighted by molar-refractivity contribution is 0.175. The molecule has 2 rings (SSSR count). The summed E-state index contributed by atoms with van der Waals surface area (Å²) in [6.45, 7) is 0.959. The second-order valence-corrected chi connectivity index (χ2v) is 4.50. The van der Waals surface area contributed by atoms with Gasteiger partial charge in [-0.05, 0) is 31.6 Å². The first-order valence-corrected chi connectivity index (χ1v) is 5.81. The van der Waals surface area contributed by atoms with E-state index in [2.05, 4.69) is 10.2 Å². The molecule has 3 heteroatoms. The third-order valence-corrected chi connectivity index (χ3v) is 3.72. The van der Waals surface area contributed by atoms with Crippen LogP contribution in [0, 0.1) is 5.92 Å². The van der Waals surface area contributed by atoms with Crippen LogP contribution in [0.2, 0.25) is 0 Å². The minimum Gasteiger partial charge on any atom is -0.341 e. The van der Waals surface area contributed by atoms with Crippen molar-refractivity contribution in [1.82, 2.24) is 10.2 Å². The molecule has 1 saturated carbocycles. The van der Waals surface area contributed by atoms with Gasteiger partial charge in [-0.3, -0.25) is 0 Å². The number of nitrogens with zero attached hydrogens (tertiary/aromatic N) is 1. The lowest BCUT2D eigenvalue weighted by Gasteiger charge is -2.28. The van der Waals surface area contributed by atoms with Gasteiger partial charge >= 0.3 is 6.03 Å². The molecule has 80 valence electrons. The van der Waals surface area contributed by atoms with Crippen molar-refractivity contribution in [2.24, 2.45) is 5.92 Å². The fourth-order valence-electron chi connectivity index (χ4n) is 3.02. The Hall–Kier alpha value is -0.730. The van der Waals surface area contributed by atoms with Crippen LogP contribution in [0.25, 0.3) is 0 Å². The summed E-state index contributed by atoms with van der Waals surface area (Å²) in [7, 11) is 1.73. The summed E-state index contributed by atoms with van der Waals surface area (Å²) in [5, 5.41) is 2.75. The Morgan fingerprint density at radius 2 is 1.93 bits per heavy atom. The Morgan fingerprint density at radius 3 is 2.57 bits per heavy atom. The van der Waals surface area contributed by atoms with Gasteiger partial charge in [-0.25, -0.2) is 4.79 Å². The predicted molar refractivity (Wildman–Crippen MR) is 56.1 cm³/mol. The Kier molecular flexibility index (Phi) is 2.94. The average Bonchev–Trinajstić information content (AvgIpc) is 2.85. The van der Waals surface area contributed by atoms with Crippen molar-refractivity contribution < 1.29 is 4.79 Å². The predicted octanol–water partition coefficient (Wildman–Crippen LogP) is 1.98. The van der Waals surface area contributed by atoms with Gasteiger partial charge in [-0.2, -0.15) is 0 Å². The second-order valence-electron chi connectivity index (χ2n) is 4.50. The minimum atomic E-state index is 0.124. The number of carbonyl (C=O) groups excluding carboxylic acids is 1. The highest BCUT2D eigenvalue weighted by Crippen LogP contribution is 2.35. The van der Waals surface area contributed by atoms with Crippen molar-refractivity contribution in [3.8, 4) is 0 Å². The lowest BCUT2D eigenvalue weighted by Crippen LogP contribution is -2.44. The van der Waals surface area contributed by atoms with Crippen LogP contribution in [0.15, 0.2) is 0 Å². The quantitative estimate of drug-likeness (QED) is 0.683. The highest BCUT2D eigenvalue weighted by molar-refractivity contribution is 5.74. The highest BCUT2D eigenvalue weighted by Gasteiger charge is 2.35. The summed E-state index contributed by atoms with van der Waals surface area (Å²) < 4.78 is 0. The molecular formula is C11H20N2O. The van der Waals surface area contributed by atoms with Crippen LogP contribution in [-0.2, 0) is 0 Å². The molecule has 1 unspecified atom stereocenters. The first-order chi connectivity index (χ1) is 6.83. The number of nitrogens with one attached hydrogen (secondary N) is 1. The molecule has 3 nitrogen and oxygen atoms in total. The molecule has 0 aromatic heterocycles. The van der Waals surface area contributed by atoms with Crippen LogP contribution < -0.4 is 5.32 Å². The van der Waals surface area contributed by atoms with Gasteiger partial charge in [-0.1, -0.05) is 12.8 Å². The second kappa shape index (κ2) is 4.20. The van der Waals surface area contributed by atoms with Crippen molar-refractivity contribution in [3.05, 3.63) is 0 Å². The summed E-state index contributed by atoms with van der Waals surface area (Å²) >= 11 is 0. The summed E-state index contributed by atoms with van der Waals surface area (Å²) in [4.78, 5) is 13.6. The van der Waals surface area contributed by atoms with E-state index in [-0.39, 0.29) is 6.03 Å². The number of rotatable bonds is 1. The first kappa shape index (κ1) is 9.81. The average molecular weight is 196 g/mol. The van der Waals surface area contributed by atoms with E-state index in [1.54, 1.807) is 7.05 Å². The molecule has 1 aliphatic carbocycles. The molecule has 2 fully saturated rings. The molecule has 2 aliphatic rings. The van der Waals surface area contributed by atoms with Gasteiger partial charge in [0.05, 0.1) is 0 Å².